The lowest BCUT2D eigenvalue weighted by atomic mass is 10.1. The monoisotopic (exact) mass is 400 g/mol. The fourth-order valence-electron chi connectivity index (χ4n) is 2.60. The maximum Gasteiger partial charge on any atom is 0.233 e. The Bertz CT molecular complexity index is 957. The SMILES string of the molecule is Cc1ccc(-n2cnnc2SCC(=O)N(C)Cc2ccccc2C)cc1Cl. The number of aromatic nitrogens is 3. The molecular weight excluding hydrogens is 380 g/mol. The molecule has 0 spiro atoms. The molecule has 0 atom stereocenters. The van der Waals surface area contributed by atoms with Crippen molar-refractivity contribution in [3.8, 4) is 5.69 Å². The molecule has 0 unspecified atom stereocenters. The Morgan fingerprint density at radius 3 is 2.70 bits per heavy atom. The van der Waals surface area contributed by atoms with E-state index < -0.39 is 0 Å². The van der Waals surface area contributed by atoms with Crippen LogP contribution in [0, 0.1) is 13.8 Å². The molecule has 1 amide bonds. The van der Waals surface area contributed by atoms with Gasteiger partial charge < -0.3 is 4.90 Å². The number of rotatable bonds is 6. The first-order chi connectivity index (χ1) is 13.0. The number of carbonyl (C=O) groups is 1. The second kappa shape index (κ2) is 8.59. The lowest BCUT2D eigenvalue weighted by molar-refractivity contribution is -0.127. The van der Waals surface area contributed by atoms with Crippen LogP contribution in [0.25, 0.3) is 5.69 Å². The molecule has 0 bridgehead atoms. The third kappa shape index (κ3) is 4.70. The Hall–Kier alpha value is -2.31. The molecule has 0 fully saturated rings. The third-order valence-corrected chi connectivity index (χ3v) is 5.70. The van der Waals surface area contributed by atoms with E-state index in [9.17, 15) is 4.79 Å². The highest BCUT2D eigenvalue weighted by Gasteiger charge is 2.14. The molecule has 0 saturated carbocycles. The fourth-order valence-corrected chi connectivity index (χ4v) is 3.64. The highest BCUT2D eigenvalue weighted by atomic mass is 35.5. The molecule has 0 N–H and O–H groups in total. The molecule has 2 aromatic carbocycles. The summed E-state index contributed by atoms with van der Waals surface area (Å²) in [6.07, 6.45) is 1.63. The quantitative estimate of drug-likeness (QED) is 0.579. The summed E-state index contributed by atoms with van der Waals surface area (Å²) >= 11 is 7.59. The van der Waals surface area contributed by atoms with E-state index in [1.165, 1.54) is 17.3 Å². The lowest BCUT2D eigenvalue weighted by Crippen LogP contribution is -2.28. The van der Waals surface area contributed by atoms with Crippen molar-refractivity contribution in [1.29, 1.82) is 0 Å². The summed E-state index contributed by atoms with van der Waals surface area (Å²) in [6.45, 7) is 4.60. The molecule has 0 aliphatic heterocycles. The van der Waals surface area contributed by atoms with Gasteiger partial charge in [0.2, 0.25) is 5.91 Å². The van der Waals surface area contributed by atoms with Crippen molar-refractivity contribution in [3.05, 3.63) is 70.5 Å². The van der Waals surface area contributed by atoms with Crippen molar-refractivity contribution in [2.75, 3.05) is 12.8 Å². The van der Waals surface area contributed by atoms with E-state index in [0.29, 0.717) is 22.5 Å². The van der Waals surface area contributed by atoms with E-state index in [2.05, 4.69) is 23.2 Å². The number of aryl methyl sites for hydroxylation is 2. The summed E-state index contributed by atoms with van der Waals surface area (Å²) in [4.78, 5) is 14.3. The van der Waals surface area contributed by atoms with E-state index in [1.54, 1.807) is 11.2 Å². The first-order valence-electron chi connectivity index (χ1n) is 8.53. The van der Waals surface area contributed by atoms with Gasteiger partial charge in [-0.15, -0.1) is 10.2 Å². The highest BCUT2D eigenvalue weighted by molar-refractivity contribution is 7.99. The first-order valence-corrected chi connectivity index (χ1v) is 9.90. The molecule has 0 radical (unpaired) electrons. The maximum atomic E-state index is 12.5. The van der Waals surface area contributed by atoms with Crippen molar-refractivity contribution in [3.63, 3.8) is 0 Å². The number of carbonyl (C=O) groups excluding carboxylic acids is 1. The molecule has 27 heavy (non-hydrogen) atoms. The fraction of sp³-hybridized carbons (Fsp3) is 0.250. The largest absolute Gasteiger partial charge is 0.341 e. The number of hydrogen-bond donors (Lipinski definition) is 0. The van der Waals surface area contributed by atoms with Crippen LogP contribution < -0.4 is 0 Å². The van der Waals surface area contributed by atoms with Crippen LogP contribution in [0.5, 0.6) is 0 Å². The van der Waals surface area contributed by atoms with E-state index in [4.69, 9.17) is 11.6 Å². The van der Waals surface area contributed by atoms with Gasteiger partial charge in [-0.3, -0.25) is 9.36 Å². The van der Waals surface area contributed by atoms with Gasteiger partial charge in [-0.1, -0.05) is 53.7 Å². The van der Waals surface area contributed by atoms with E-state index in [0.717, 1.165) is 16.8 Å². The number of hydrogen-bond acceptors (Lipinski definition) is 4. The van der Waals surface area contributed by atoms with Crippen LogP contribution >= 0.6 is 23.4 Å². The Labute approximate surface area is 168 Å². The molecule has 1 aromatic heterocycles. The van der Waals surface area contributed by atoms with Crippen LogP contribution in [0.2, 0.25) is 5.02 Å². The maximum absolute atomic E-state index is 12.5. The normalized spacial score (nSPS) is 10.8. The van der Waals surface area contributed by atoms with E-state index >= 15 is 0 Å². The van der Waals surface area contributed by atoms with Gasteiger partial charge in [0.05, 0.1) is 11.4 Å². The number of nitrogens with zero attached hydrogens (tertiary/aromatic N) is 4. The average molecular weight is 401 g/mol. The van der Waals surface area contributed by atoms with E-state index in [1.807, 2.05) is 54.9 Å². The molecule has 5 nitrogen and oxygen atoms in total. The Morgan fingerprint density at radius 2 is 1.96 bits per heavy atom. The molecule has 0 aliphatic rings. The summed E-state index contributed by atoms with van der Waals surface area (Å²) in [5, 5.41) is 9.46. The summed E-state index contributed by atoms with van der Waals surface area (Å²) in [7, 11) is 1.82. The molecule has 3 aromatic rings. The second-order valence-corrected chi connectivity index (χ2v) is 7.73. The van der Waals surface area contributed by atoms with Crippen LogP contribution in [0.15, 0.2) is 53.9 Å². The van der Waals surface area contributed by atoms with Gasteiger partial charge in [0.1, 0.15) is 6.33 Å². The zero-order valence-electron chi connectivity index (χ0n) is 15.5. The third-order valence-electron chi connectivity index (χ3n) is 4.37. The summed E-state index contributed by atoms with van der Waals surface area (Å²) < 4.78 is 1.84. The molecule has 1 heterocycles. The van der Waals surface area contributed by atoms with Gasteiger partial charge in [-0.25, -0.2) is 0 Å². The van der Waals surface area contributed by atoms with Crippen molar-refractivity contribution in [1.82, 2.24) is 19.7 Å². The minimum Gasteiger partial charge on any atom is -0.341 e. The van der Waals surface area contributed by atoms with Gasteiger partial charge in [0.25, 0.3) is 0 Å². The van der Waals surface area contributed by atoms with E-state index in [-0.39, 0.29) is 5.91 Å². The minimum absolute atomic E-state index is 0.0414. The van der Waals surface area contributed by atoms with Gasteiger partial charge in [0.15, 0.2) is 5.16 Å². The highest BCUT2D eigenvalue weighted by Crippen LogP contribution is 2.24. The zero-order valence-corrected chi connectivity index (χ0v) is 17.1. The van der Waals surface area contributed by atoms with Crippen LogP contribution in [-0.4, -0.2) is 38.4 Å². The standard InChI is InChI=1S/C20H21ClN4OS/c1-14-6-4-5-7-16(14)11-24(3)19(26)12-27-20-23-22-13-25(20)17-9-8-15(2)18(21)10-17/h4-10,13H,11-12H2,1-3H3. The van der Waals surface area contributed by atoms with Gasteiger partial charge in [0, 0.05) is 18.6 Å². The van der Waals surface area contributed by atoms with Gasteiger partial charge >= 0.3 is 0 Å². The van der Waals surface area contributed by atoms with Crippen molar-refractivity contribution >= 4 is 29.3 Å². The van der Waals surface area contributed by atoms with Crippen molar-refractivity contribution in [2.45, 2.75) is 25.5 Å². The van der Waals surface area contributed by atoms with Gasteiger partial charge in [-0.2, -0.15) is 0 Å². The number of thioether (sulfide) groups is 1. The average Bonchev–Trinajstić information content (AvgIpc) is 3.12. The van der Waals surface area contributed by atoms with Crippen LogP contribution in [0.3, 0.4) is 0 Å². The molecule has 7 heteroatoms. The van der Waals surface area contributed by atoms with Crippen LogP contribution in [0.4, 0.5) is 0 Å². The topological polar surface area (TPSA) is 51.0 Å². The first kappa shape index (κ1) is 19.5. The van der Waals surface area contributed by atoms with Crippen LogP contribution in [0.1, 0.15) is 16.7 Å². The van der Waals surface area contributed by atoms with Crippen LogP contribution in [-0.2, 0) is 11.3 Å². The predicted octanol–water partition coefficient (Wildman–Crippen LogP) is 4.29. The number of benzene rings is 2. The Kier molecular flexibility index (Phi) is 6.19. The zero-order chi connectivity index (χ0) is 19.4. The minimum atomic E-state index is 0.0414. The Morgan fingerprint density at radius 1 is 1.19 bits per heavy atom. The van der Waals surface area contributed by atoms with Crippen molar-refractivity contribution < 1.29 is 4.79 Å². The second-order valence-electron chi connectivity index (χ2n) is 6.38. The lowest BCUT2D eigenvalue weighted by Gasteiger charge is -2.18. The smallest absolute Gasteiger partial charge is 0.233 e. The predicted molar refractivity (Wildman–Crippen MR) is 109 cm³/mol. The number of halogens is 1. The van der Waals surface area contributed by atoms with Crippen molar-refractivity contribution in [2.24, 2.45) is 0 Å². The molecular formula is C20H21ClN4OS. The summed E-state index contributed by atoms with van der Waals surface area (Å²) in [6, 6.07) is 13.9. The molecule has 0 aliphatic carbocycles. The molecule has 3 rings (SSSR count). The number of amides is 1. The Balaban J connectivity index is 1.65. The van der Waals surface area contributed by atoms with Gasteiger partial charge in [-0.05, 0) is 42.7 Å². The summed E-state index contributed by atoms with van der Waals surface area (Å²) in [5.74, 6) is 0.334. The summed E-state index contributed by atoms with van der Waals surface area (Å²) in [5.41, 5.74) is 4.21. The molecule has 140 valence electrons. The molecule has 0 saturated heterocycles.